The minimum absolute atomic E-state index is 0.0610. The van der Waals surface area contributed by atoms with E-state index in [0.29, 0.717) is 25.4 Å². The fraction of sp³-hybridized carbons (Fsp3) is 0.273. The molecule has 6 atom stereocenters. The van der Waals surface area contributed by atoms with Gasteiger partial charge in [0.1, 0.15) is 0 Å². The van der Waals surface area contributed by atoms with Gasteiger partial charge in [-0.3, -0.25) is 24.4 Å². The monoisotopic (exact) mass is 724 g/mol. The Labute approximate surface area is 271 Å². The molecule has 3 aromatic carbocycles. The normalized spacial score (nSPS) is 29.4. The number of rotatable bonds is 4. The largest absolute Gasteiger partial charge is 0.504 e. The molecule has 3 fully saturated rings. The number of ether oxygens (including phenoxy) is 1. The smallest absolute Gasteiger partial charge is 0.257 e. The number of aromatic hydroxyl groups is 1. The summed E-state index contributed by atoms with van der Waals surface area (Å²) in [6.07, 6.45) is 2.20. The summed E-state index contributed by atoms with van der Waals surface area (Å²) < 4.78 is 6.00. The van der Waals surface area contributed by atoms with Crippen LogP contribution in [-0.2, 0) is 24.6 Å². The number of phenols is 1. The van der Waals surface area contributed by atoms with Crippen LogP contribution in [0.2, 0.25) is 5.02 Å². The van der Waals surface area contributed by atoms with Crippen molar-refractivity contribution in [2.45, 2.75) is 24.2 Å². The zero-order valence-electron chi connectivity index (χ0n) is 23.3. The van der Waals surface area contributed by atoms with Gasteiger partial charge in [-0.05, 0) is 82.8 Å². The van der Waals surface area contributed by atoms with Crippen molar-refractivity contribution in [3.63, 3.8) is 0 Å². The number of fused-ring (bicyclic) bond motifs is 4. The third kappa shape index (κ3) is 3.86. The Kier molecular flexibility index (Phi) is 6.87. The average Bonchev–Trinajstić information content (AvgIpc) is 3.39. The van der Waals surface area contributed by atoms with Crippen molar-refractivity contribution >= 4 is 63.5 Å². The molecule has 0 spiro atoms. The van der Waals surface area contributed by atoms with Crippen molar-refractivity contribution < 1.29 is 34.2 Å². The van der Waals surface area contributed by atoms with E-state index in [1.165, 1.54) is 12.0 Å². The molecule has 2 saturated heterocycles. The maximum atomic E-state index is 15.1. The molecule has 7 rings (SSSR count). The Morgan fingerprint density at radius 3 is 2.41 bits per heavy atom. The van der Waals surface area contributed by atoms with Gasteiger partial charge in [0.05, 0.1) is 39.5 Å². The third-order valence-electron chi connectivity index (χ3n) is 9.75. The first kappa shape index (κ1) is 29.0. The van der Waals surface area contributed by atoms with Gasteiger partial charge in [0.25, 0.3) is 11.8 Å². The molecule has 4 aliphatic rings. The highest BCUT2D eigenvalue weighted by atomic mass is 127. The number of amides is 4. The molecular formula is C33H26ClIN2O7. The lowest BCUT2D eigenvalue weighted by atomic mass is 9.49. The van der Waals surface area contributed by atoms with Crippen LogP contribution in [0.15, 0.2) is 78.4 Å². The van der Waals surface area contributed by atoms with E-state index in [-0.39, 0.29) is 29.4 Å². The summed E-state index contributed by atoms with van der Waals surface area (Å²) in [5.41, 5.74) is 0.849. The standard InChI is InChI=1S/C33H26ClIN2O7/c1-44-25-13-16(12-24(35)28(25)38)27-20-10-11-21-26(31(41)37(43)29(21)39)22(20)15-23-30(40)36(19-9-5-8-18(34)14-19)32(42)33(23,27)17-6-3-2-4-7-17/h2-10,12-14,21-23,26-27,38,43H,11,15H2,1H3. The van der Waals surface area contributed by atoms with Crippen LogP contribution in [0.4, 0.5) is 5.69 Å². The van der Waals surface area contributed by atoms with Gasteiger partial charge < -0.3 is 9.84 Å². The van der Waals surface area contributed by atoms with Gasteiger partial charge in [-0.25, -0.2) is 4.90 Å². The predicted molar refractivity (Wildman–Crippen MR) is 167 cm³/mol. The molecule has 0 aromatic heterocycles. The topological polar surface area (TPSA) is 124 Å². The number of hydrogen-bond donors (Lipinski definition) is 2. The number of halogens is 2. The lowest BCUT2D eigenvalue weighted by Crippen LogP contribution is -2.53. The van der Waals surface area contributed by atoms with Gasteiger partial charge in [0.2, 0.25) is 11.8 Å². The summed E-state index contributed by atoms with van der Waals surface area (Å²) >= 11 is 8.32. The first-order chi connectivity index (χ1) is 21.1. The molecule has 0 radical (unpaired) electrons. The number of anilines is 1. The van der Waals surface area contributed by atoms with Crippen LogP contribution in [-0.4, -0.2) is 46.1 Å². The minimum atomic E-state index is -1.45. The van der Waals surface area contributed by atoms with E-state index in [0.717, 1.165) is 5.57 Å². The zero-order chi connectivity index (χ0) is 31.1. The number of hydroxylamine groups is 2. The number of phenolic OH excluding ortho intramolecular Hbond substituents is 1. The number of allylic oxidation sites excluding steroid dienone is 2. The number of carbonyl (C=O) groups is 4. The van der Waals surface area contributed by atoms with E-state index in [1.807, 2.05) is 59.0 Å². The van der Waals surface area contributed by atoms with Crippen LogP contribution >= 0.6 is 34.2 Å². The highest BCUT2D eigenvalue weighted by molar-refractivity contribution is 14.1. The minimum Gasteiger partial charge on any atom is -0.504 e. The maximum absolute atomic E-state index is 15.1. The molecule has 2 N–H and O–H groups in total. The maximum Gasteiger partial charge on any atom is 0.257 e. The van der Waals surface area contributed by atoms with Crippen LogP contribution in [0.5, 0.6) is 11.5 Å². The predicted octanol–water partition coefficient (Wildman–Crippen LogP) is 5.21. The highest BCUT2D eigenvalue weighted by Gasteiger charge is 2.70. The van der Waals surface area contributed by atoms with E-state index in [4.69, 9.17) is 16.3 Å². The first-order valence-corrected chi connectivity index (χ1v) is 15.6. The van der Waals surface area contributed by atoms with Gasteiger partial charge in [-0.15, -0.1) is 0 Å². The van der Waals surface area contributed by atoms with E-state index in [9.17, 15) is 24.7 Å². The first-order valence-electron chi connectivity index (χ1n) is 14.1. The van der Waals surface area contributed by atoms with Crippen LogP contribution in [0.3, 0.4) is 0 Å². The lowest BCUT2D eigenvalue weighted by molar-refractivity contribution is -0.173. The summed E-state index contributed by atoms with van der Waals surface area (Å²) in [6.45, 7) is 0. The van der Waals surface area contributed by atoms with Crippen LogP contribution in [0.25, 0.3) is 0 Å². The quantitative estimate of drug-likeness (QED) is 0.164. The molecule has 3 aromatic rings. The Balaban J connectivity index is 1.54. The number of carbonyl (C=O) groups excluding carboxylic acids is 4. The zero-order valence-corrected chi connectivity index (χ0v) is 26.2. The second-order valence-electron chi connectivity index (χ2n) is 11.6. The molecule has 6 unspecified atom stereocenters. The highest BCUT2D eigenvalue weighted by Crippen LogP contribution is 2.64. The number of hydrogen-bond acceptors (Lipinski definition) is 7. The number of nitrogens with zero attached hydrogens (tertiary/aromatic N) is 2. The van der Waals surface area contributed by atoms with Gasteiger partial charge in [-0.1, -0.05) is 59.6 Å². The van der Waals surface area contributed by atoms with Crippen molar-refractivity contribution in [2.75, 3.05) is 12.0 Å². The molecule has 11 heteroatoms. The lowest BCUT2D eigenvalue weighted by Gasteiger charge is -2.50. The Bertz CT molecular complexity index is 1800. The van der Waals surface area contributed by atoms with Crippen molar-refractivity contribution in [1.82, 2.24) is 5.06 Å². The summed E-state index contributed by atoms with van der Waals surface area (Å²) in [6, 6.07) is 19.1. The van der Waals surface area contributed by atoms with E-state index >= 15 is 4.79 Å². The Morgan fingerprint density at radius 1 is 0.955 bits per heavy atom. The van der Waals surface area contributed by atoms with Crippen molar-refractivity contribution in [2.24, 2.45) is 23.7 Å². The summed E-state index contributed by atoms with van der Waals surface area (Å²) in [4.78, 5) is 57.2. The molecule has 9 nitrogen and oxygen atoms in total. The van der Waals surface area contributed by atoms with Gasteiger partial charge in [-0.2, -0.15) is 5.06 Å². The van der Waals surface area contributed by atoms with Crippen LogP contribution < -0.4 is 9.64 Å². The molecule has 224 valence electrons. The van der Waals surface area contributed by atoms with Gasteiger partial charge in [0, 0.05) is 10.9 Å². The molecule has 2 aliphatic heterocycles. The molecule has 44 heavy (non-hydrogen) atoms. The second kappa shape index (κ2) is 10.4. The Hall–Kier alpha value is -3.74. The van der Waals surface area contributed by atoms with E-state index < -0.39 is 58.6 Å². The summed E-state index contributed by atoms with van der Waals surface area (Å²) in [7, 11) is 1.43. The molecule has 1 saturated carbocycles. The average molecular weight is 725 g/mol. The second-order valence-corrected chi connectivity index (χ2v) is 13.2. The number of benzene rings is 3. The van der Waals surface area contributed by atoms with Gasteiger partial charge >= 0.3 is 0 Å². The fourth-order valence-electron chi connectivity index (χ4n) is 8.02. The fourth-order valence-corrected chi connectivity index (χ4v) is 8.83. The van der Waals surface area contributed by atoms with E-state index in [1.54, 1.807) is 36.4 Å². The van der Waals surface area contributed by atoms with E-state index in [2.05, 4.69) is 0 Å². The van der Waals surface area contributed by atoms with Crippen LogP contribution in [0.1, 0.15) is 29.9 Å². The SMILES string of the molecule is COc1cc(C2C3=CCC4C(=O)N(O)C(=O)C4C3CC3C(=O)N(c4cccc(Cl)c4)C(=O)C32c2ccccc2)cc(I)c1O. The molecule has 0 bridgehead atoms. The van der Waals surface area contributed by atoms with Crippen molar-refractivity contribution in [1.29, 1.82) is 0 Å². The number of methoxy groups -OCH3 is 1. The summed E-state index contributed by atoms with van der Waals surface area (Å²) in [5, 5.41) is 21.7. The molecule has 2 aliphatic carbocycles. The van der Waals surface area contributed by atoms with Crippen molar-refractivity contribution in [3.05, 3.63) is 98.1 Å². The van der Waals surface area contributed by atoms with Crippen LogP contribution in [0, 0.1) is 27.2 Å². The van der Waals surface area contributed by atoms with Gasteiger partial charge in [0.15, 0.2) is 11.5 Å². The Morgan fingerprint density at radius 2 is 1.70 bits per heavy atom. The number of imide groups is 2. The molecule has 4 amide bonds. The third-order valence-corrected chi connectivity index (χ3v) is 10.8. The molecular weight excluding hydrogens is 699 g/mol. The van der Waals surface area contributed by atoms with Crippen molar-refractivity contribution in [3.8, 4) is 11.5 Å². The summed E-state index contributed by atoms with van der Waals surface area (Å²) in [5.74, 6) is -6.09. The molecule has 2 heterocycles.